The Morgan fingerprint density at radius 1 is 1.20 bits per heavy atom. The molecule has 3 rings (SSSR count). The number of fused-ring (bicyclic) bond motifs is 3. The minimum atomic E-state index is 0.289. The Balaban J connectivity index is 2.61. The molecule has 0 amide bonds. The van der Waals surface area contributed by atoms with Gasteiger partial charge in [-0.1, -0.05) is 11.6 Å². The van der Waals surface area contributed by atoms with Crippen molar-refractivity contribution in [2.45, 2.75) is 0 Å². The molecule has 0 fully saturated rings. The molecule has 0 aliphatic carbocycles. The predicted octanol–water partition coefficient (Wildman–Crippen LogP) is 2.58. The van der Waals surface area contributed by atoms with Gasteiger partial charge in [0.2, 0.25) is 5.28 Å². The summed E-state index contributed by atoms with van der Waals surface area (Å²) in [6.45, 7) is 0. The second-order valence-corrected chi connectivity index (χ2v) is 3.81. The van der Waals surface area contributed by atoms with Crippen LogP contribution in [0.15, 0.2) is 24.5 Å². The van der Waals surface area contributed by atoms with Crippen molar-refractivity contribution in [1.29, 1.82) is 0 Å². The summed E-state index contributed by atoms with van der Waals surface area (Å²) in [5, 5.41) is 5.73. The van der Waals surface area contributed by atoms with E-state index in [1.165, 1.54) is 10.8 Å². The van der Waals surface area contributed by atoms with Gasteiger partial charge in [-0.05, 0) is 29.8 Å². The van der Waals surface area contributed by atoms with Gasteiger partial charge in [-0.25, -0.2) is 9.97 Å². The summed E-state index contributed by atoms with van der Waals surface area (Å²) in [5.41, 5.74) is 1.41. The number of hydrogen-bond acceptors (Lipinski definition) is 3. The first-order valence-electron chi connectivity index (χ1n) is 4.20. The molecule has 4 nitrogen and oxygen atoms in total. The van der Waals surface area contributed by atoms with Crippen molar-refractivity contribution in [3.63, 3.8) is 0 Å². The third kappa shape index (κ3) is 1.26. The number of nitrogens with zero attached hydrogens (tertiary/aromatic N) is 4. The van der Waals surface area contributed by atoms with Gasteiger partial charge in [0.15, 0.2) is 5.65 Å². The summed E-state index contributed by atoms with van der Waals surface area (Å²) in [6.07, 6.45) is 1.43. The van der Waals surface area contributed by atoms with Gasteiger partial charge in [-0.3, -0.25) is 0 Å². The van der Waals surface area contributed by atoms with Crippen LogP contribution in [0.1, 0.15) is 0 Å². The standard InChI is InChI=1S/C9H4Cl2N4/c10-5-1-2-7-6(3-5)8-12-4-13-15(8)9(11)14-7/h1-4H. The van der Waals surface area contributed by atoms with Crippen LogP contribution in [0.5, 0.6) is 0 Å². The van der Waals surface area contributed by atoms with Crippen molar-refractivity contribution < 1.29 is 0 Å². The first kappa shape index (κ1) is 8.88. The first-order valence-corrected chi connectivity index (χ1v) is 4.96. The van der Waals surface area contributed by atoms with E-state index in [4.69, 9.17) is 23.2 Å². The number of hydrogen-bond donors (Lipinski definition) is 0. The lowest BCUT2D eigenvalue weighted by Gasteiger charge is -2.01. The molecule has 0 aliphatic rings. The SMILES string of the molecule is Clc1ccc2nc(Cl)n3ncnc3c2c1. The average molecular weight is 239 g/mol. The highest BCUT2D eigenvalue weighted by molar-refractivity contribution is 6.32. The minimum absolute atomic E-state index is 0.289. The van der Waals surface area contributed by atoms with Crippen molar-refractivity contribution >= 4 is 39.8 Å². The lowest BCUT2D eigenvalue weighted by atomic mass is 10.2. The highest BCUT2D eigenvalue weighted by atomic mass is 35.5. The van der Waals surface area contributed by atoms with E-state index in [1.807, 2.05) is 0 Å². The quantitative estimate of drug-likeness (QED) is 0.566. The van der Waals surface area contributed by atoms with Crippen LogP contribution in [0.2, 0.25) is 10.3 Å². The van der Waals surface area contributed by atoms with Crippen LogP contribution < -0.4 is 0 Å². The molecule has 0 unspecified atom stereocenters. The molecule has 0 bridgehead atoms. The zero-order valence-corrected chi connectivity index (χ0v) is 8.87. The van der Waals surface area contributed by atoms with Crippen LogP contribution >= 0.6 is 23.2 Å². The van der Waals surface area contributed by atoms with Gasteiger partial charge in [0.25, 0.3) is 0 Å². The van der Waals surface area contributed by atoms with E-state index < -0.39 is 0 Å². The van der Waals surface area contributed by atoms with E-state index in [0.29, 0.717) is 10.7 Å². The van der Waals surface area contributed by atoms with Gasteiger partial charge in [-0.15, -0.1) is 0 Å². The summed E-state index contributed by atoms with van der Waals surface area (Å²) >= 11 is 11.8. The molecule has 0 aliphatic heterocycles. The summed E-state index contributed by atoms with van der Waals surface area (Å²) in [6, 6.07) is 5.36. The van der Waals surface area contributed by atoms with E-state index >= 15 is 0 Å². The molecule has 6 heteroatoms. The lowest BCUT2D eigenvalue weighted by Crippen LogP contribution is -1.94. The maximum absolute atomic E-state index is 5.93. The molecule has 0 spiro atoms. The molecule has 0 atom stereocenters. The number of halogens is 2. The number of rotatable bonds is 0. The first-order chi connectivity index (χ1) is 7.25. The maximum atomic E-state index is 5.93. The zero-order valence-electron chi connectivity index (χ0n) is 7.35. The van der Waals surface area contributed by atoms with E-state index in [9.17, 15) is 0 Å². The van der Waals surface area contributed by atoms with Crippen LogP contribution in [0.4, 0.5) is 0 Å². The van der Waals surface area contributed by atoms with Crippen LogP contribution in [-0.2, 0) is 0 Å². The Bertz CT molecular complexity index is 662. The molecule has 3 aromatic rings. The summed E-state index contributed by atoms with van der Waals surface area (Å²) in [7, 11) is 0. The van der Waals surface area contributed by atoms with Crippen LogP contribution in [0, 0.1) is 0 Å². The van der Waals surface area contributed by atoms with Crippen molar-refractivity contribution in [3.8, 4) is 0 Å². The molecule has 74 valence electrons. The monoisotopic (exact) mass is 238 g/mol. The van der Waals surface area contributed by atoms with Crippen molar-refractivity contribution in [1.82, 2.24) is 19.6 Å². The summed E-state index contributed by atoms with van der Waals surface area (Å²) in [4.78, 5) is 8.30. The van der Waals surface area contributed by atoms with Gasteiger partial charge in [0.05, 0.1) is 5.52 Å². The molecule has 2 aromatic heterocycles. The fourth-order valence-corrected chi connectivity index (χ4v) is 1.88. The van der Waals surface area contributed by atoms with Gasteiger partial charge < -0.3 is 0 Å². The molecule has 0 saturated carbocycles. The second-order valence-electron chi connectivity index (χ2n) is 3.04. The molecule has 15 heavy (non-hydrogen) atoms. The third-order valence-corrected chi connectivity index (χ3v) is 2.61. The minimum Gasteiger partial charge on any atom is -0.218 e. The Morgan fingerprint density at radius 2 is 2.07 bits per heavy atom. The van der Waals surface area contributed by atoms with Crippen LogP contribution in [0.3, 0.4) is 0 Å². The van der Waals surface area contributed by atoms with Gasteiger partial charge in [-0.2, -0.15) is 9.61 Å². The Kier molecular flexibility index (Phi) is 1.81. The largest absolute Gasteiger partial charge is 0.226 e. The van der Waals surface area contributed by atoms with E-state index in [-0.39, 0.29) is 5.28 Å². The Hall–Kier alpha value is -1.39. The zero-order chi connectivity index (χ0) is 10.4. The highest BCUT2D eigenvalue weighted by Crippen LogP contribution is 2.23. The van der Waals surface area contributed by atoms with Crippen molar-refractivity contribution in [2.75, 3.05) is 0 Å². The second kappa shape index (κ2) is 3.05. The Labute approximate surface area is 94.5 Å². The molecular weight excluding hydrogens is 235 g/mol. The maximum Gasteiger partial charge on any atom is 0.226 e. The van der Waals surface area contributed by atoms with Crippen molar-refractivity contribution in [2.24, 2.45) is 0 Å². The molecule has 1 aromatic carbocycles. The van der Waals surface area contributed by atoms with Gasteiger partial charge >= 0.3 is 0 Å². The van der Waals surface area contributed by atoms with Gasteiger partial charge in [0.1, 0.15) is 6.33 Å². The number of aromatic nitrogens is 4. The Morgan fingerprint density at radius 3 is 2.93 bits per heavy atom. The lowest BCUT2D eigenvalue weighted by molar-refractivity contribution is 0.935. The molecular formula is C9H4Cl2N4. The van der Waals surface area contributed by atoms with Gasteiger partial charge in [0, 0.05) is 10.4 Å². The number of benzene rings is 1. The predicted molar refractivity (Wildman–Crippen MR) is 58.3 cm³/mol. The summed E-state index contributed by atoms with van der Waals surface area (Å²) < 4.78 is 1.47. The molecule has 2 heterocycles. The summed E-state index contributed by atoms with van der Waals surface area (Å²) in [5.74, 6) is 0. The smallest absolute Gasteiger partial charge is 0.218 e. The van der Waals surface area contributed by atoms with Crippen LogP contribution in [0.25, 0.3) is 16.6 Å². The van der Waals surface area contributed by atoms with Crippen molar-refractivity contribution in [3.05, 3.63) is 34.8 Å². The molecule has 0 N–H and O–H groups in total. The van der Waals surface area contributed by atoms with Crippen LogP contribution in [-0.4, -0.2) is 19.6 Å². The van der Waals surface area contributed by atoms with E-state index in [0.717, 1.165) is 10.9 Å². The molecule has 0 saturated heterocycles. The molecule has 0 radical (unpaired) electrons. The van der Waals surface area contributed by atoms with E-state index in [1.54, 1.807) is 18.2 Å². The normalized spacial score (nSPS) is 11.3. The fourth-order valence-electron chi connectivity index (χ4n) is 1.49. The van der Waals surface area contributed by atoms with E-state index in [2.05, 4.69) is 15.1 Å². The third-order valence-electron chi connectivity index (χ3n) is 2.13. The average Bonchev–Trinajstić information content (AvgIpc) is 2.69. The topological polar surface area (TPSA) is 43.1 Å². The fraction of sp³-hybridized carbons (Fsp3) is 0. The highest BCUT2D eigenvalue weighted by Gasteiger charge is 2.08.